The van der Waals surface area contributed by atoms with E-state index in [1.807, 2.05) is 0 Å². The van der Waals surface area contributed by atoms with E-state index in [1.165, 1.54) is 0 Å². The van der Waals surface area contributed by atoms with E-state index in [1.54, 1.807) is 0 Å². The molecule has 24 heavy (non-hydrogen) atoms. The van der Waals surface area contributed by atoms with Gasteiger partial charge in [0.25, 0.3) is 0 Å². The van der Waals surface area contributed by atoms with Crippen LogP contribution in [-0.4, -0.2) is 65.1 Å². The Morgan fingerprint density at radius 3 is 1.83 bits per heavy atom. The van der Waals surface area contributed by atoms with E-state index in [-0.39, 0.29) is 6.29 Å². The van der Waals surface area contributed by atoms with Crippen LogP contribution in [0.1, 0.15) is 20.8 Å². The molecule has 0 amide bonds. The summed E-state index contributed by atoms with van der Waals surface area (Å²) < 4.78 is 14.2. The van der Waals surface area contributed by atoms with Gasteiger partial charge in [-0.3, -0.25) is 19.2 Å². The molecular weight excluding hydrogens is 330 g/mol. The summed E-state index contributed by atoms with van der Waals surface area (Å²) in [5, 5.41) is 22.3. The Morgan fingerprint density at radius 2 is 1.46 bits per heavy atom. The zero-order valence-corrected chi connectivity index (χ0v) is 13.1. The van der Waals surface area contributed by atoms with Crippen LogP contribution in [0.25, 0.3) is 10.4 Å². The fourth-order valence-corrected chi connectivity index (χ4v) is 1.69. The van der Waals surface area contributed by atoms with Gasteiger partial charge in [0.1, 0.15) is 6.10 Å². The van der Waals surface area contributed by atoms with E-state index >= 15 is 0 Å². The lowest BCUT2D eigenvalue weighted by molar-refractivity contribution is -0.197. The van der Waals surface area contributed by atoms with Crippen LogP contribution in [0.4, 0.5) is 0 Å². The Morgan fingerprint density at radius 1 is 1.00 bits per heavy atom. The highest BCUT2D eigenvalue weighted by atomic mass is 16.6. The molecule has 0 aliphatic heterocycles. The van der Waals surface area contributed by atoms with Crippen LogP contribution in [0.15, 0.2) is 5.11 Å². The minimum atomic E-state index is -2.10. The first-order chi connectivity index (χ1) is 11.1. The number of carbonyl (C=O) groups is 4. The fraction of sp³-hybridized carbons (Fsp3) is 0.667. The minimum absolute atomic E-state index is 0.0815. The van der Waals surface area contributed by atoms with E-state index in [4.69, 9.17) is 15.0 Å². The standard InChI is InChI=1S/C12H17N3O9/c1-5(17)22-8(4-16)10(23-6(2)18)11(24-7(3)19)9(20)12(21)14-15-13/h4,8-12,20-21H,1-3H3/t8-,9-,10+,11+,12?/m0/s1. The molecule has 0 aromatic carbocycles. The molecule has 0 heterocycles. The molecule has 0 saturated carbocycles. The summed E-state index contributed by atoms with van der Waals surface area (Å²) in [4.78, 5) is 46.9. The molecule has 0 saturated heterocycles. The summed E-state index contributed by atoms with van der Waals surface area (Å²) in [5.74, 6) is -2.85. The van der Waals surface area contributed by atoms with Gasteiger partial charge in [-0.25, -0.2) is 0 Å². The first kappa shape index (κ1) is 21.3. The van der Waals surface area contributed by atoms with Crippen molar-refractivity contribution in [3.05, 3.63) is 10.4 Å². The van der Waals surface area contributed by atoms with Gasteiger partial charge >= 0.3 is 17.9 Å². The van der Waals surface area contributed by atoms with E-state index in [9.17, 15) is 29.4 Å². The molecule has 0 aliphatic rings. The van der Waals surface area contributed by atoms with Crippen molar-refractivity contribution in [3.63, 3.8) is 0 Å². The van der Waals surface area contributed by atoms with Crippen LogP contribution < -0.4 is 0 Å². The van der Waals surface area contributed by atoms with Gasteiger partial charge in [-0.15, -0.1) is 0 Å². The van der Waals surface area contributed by atoms with Crippen molar-refractivity contribution in [1.82, 2.24) is 0 Å². The van der Waals surface area contributed by atoms with Gasteiger partial charge in [-0.2, -0.15) is 0 Å². The van der Waals surface area contributed by atoms with Gasteiger partial charge in [0.2, 0.25) is 0 Å². The fourth-order valence-electron chi connectivity index (χ4n) is 1.69. The van der Waals surface area contributed by atoms with E-state index < -0.39 is 48.6 Å². The van der Waals surface area contributed by atoms with Crippen molar-refractivity contribution < 1.29 is 43.6 Å². The second-order valence-corrected chi connectivity index (χ2v) is 4.47. The van der Waals surface area contributed by atoms with Crippen molar-refractivity contribution >= 4 is 24.2 Å². The third-order valence-electron chi connectivity index (χ3n) is 2.50. The molecule has 0 aromatic heterocycles. The van der Waals surface area contributed by atoms with Crippen molar-refractivity contribution in [2.75, 3.05) is 0 Å². The molecule has 134 valence electrons. The van der Waals surface area contributed by atoms with E-state index in [0.717, 1.165) is 20.8 Å². The average Bonchev–Trinajstić information content (AvgIpc) is 2.47. The second kappa shape index (κ2) is 10.2. The molecule has 1 unspecified atom stereocenters. The van der Waals surface area contributed by atoms with E-state index in [2.05, 4.69) is 14.8 Å². The zero-order chi connectivity index (χ0) is 18.9. The quantitative estimate of drug-likeness (QED) is 0.131. The van der Waals surface area contributed by atoms with Crippen molar-refractivity contribution in [2.45, 2.75) is 51.4 Å². The molecule has 0 radical (unpaired) electrons. The van der Waals surface area contributed by atoms with Gasteiger partial charge in [-0.05, 0) is 5.53 Å². The van der Waals surface area contributed by atoms with Crippen LogP contribution in [0.3, 0.4) is 0 Å². The van der Waals surface area contributed by atoms with E-state index in [0.29, 0.717) is 0 Å². The van der Waals surface area contributed by atoms with Crippen LogP contribution >= 0.6 is 0 Å². The number of esters is 3. The average molecular weight is 347 g/mol. The lowest BCUT2D eigenvalue weighted by Gasteiger charge is -2.32. The number of carbonyl (C=O) groups excluding carboxylic acids is 4. The Bertz CT molecular complexity index is 532. The zero-order valence-electron chi connectivity index (χ0n) is 13.1. The number of azide groups is 1. The SMILES string of the molecule is CC(=O)O[C@@H]([C@H](OC(C)=O)[C@H](O)C(O)N=[N+]=[N-])[C@H](C=O)OC(C)=O. The number of aldehydes is 1. The van der Waals surface area contributed by atoms with Gasteiger partial charge in [-0.1, -0.05) is 5.11 Å². The molecule has 12 nitrogen and oxygen atoms in total. The molecule has 0 aromatic rings. The molecule has 0 rings (SSSR count). The maximum Gasteiger partial charge on any atom is 0.303 e. The highest BCUT2D eigenvalue weighted by molar-refractivity contribution is 5.72. The first-order valence-corrected chi connectivity index (χ1v) is 6.51. The predicted octanol–water partition coefficient (Wildman–Crippen LogP) is -1.03. The first-order valence-electron chi connectivity index (χ1n) is 6.51. The van der Waals surface area contributed by atoms with Crippen LogP contribution in [0.2, 0.25) is 0 Å². The van der Waals surface area contributed by atoms with Gasteiger partial charge < -0.3 is 24.4 Å². The summed E-state index contributed by atoms with van der Waals surface area (Å²) in [6, 6.07) is 0. The third kappa shape index (κ3) is 7.05. The van der Waals surface area contributed by atoms with Crippen LogP contribution in [0, 0.1) is 0 Å². The molecule has 12 heteroatoms. The summed E-state index contributed by atoms with van der Waals surface area (Å²) in [6.45, 7) is 2.85. The Balaban J connectivity index is 5.80. The Labute approximate surface area is 135 Å². The minimum Gasteiger partial charge on any atom is -0.456 e. The summed E-state index contributed by atoms with van der Waals surface area (Å²) in [6.07, 6.45) is -9.48. The molecule has 5 atom stereocenters. The number of rotatable bonds is 9. The topological polar surface area (TPSA) is 185 Å². The molecule has 2 N–H and O–H groups in total. The normalized spacial score (nSPS) is 16.4. The molecule has 0 spiro atoms. The van der Waals surface area contributed by atoms with Crippen molar-refractivity contribution in [3.8, 4) is 0 Å². The summed E-state index contributed by atoms with van der Waals surface area (Å²) >= 11 is 0. The van der Waals surface area contributed by atoms with Gasteiger partial charge in [0.15, 0.2) is 30.8 Å². The number of aliphatic hydroxyl groups excluding tert-OH is 2. The van der Waals surface area contributed by atoms with Crippen molar-refractivity contribution in [2.24, 2.45) is 5.11 Å². The highest BCUT2D eigenvalue weighted by Gasteiger charge is 2.43. The van der Waals surface area contributed by atoms with Crippen LogP contribution in [-0.2, 0) is 33.4 Å². The molecule has 0 fully saturated rings. The lowest BCUT2D eigenvalue weighted by Crippen LogP contribution is -2.53. The number of aliphatic hydroxyl groups is 2. The number of hydrogen-bond acceptors (Lipinski definition) is 10. The number of hydrogen-bond donors (Lipinski definition) is 2. The maximum atomic E-state index is 11.2. The number of nitrogens with zero attached hydrogens (tertiary/aromatic N) is 3. The third-order valence-corrected chi connectivity index (χ3v) is 2.50. The predicted molar refractivity (Wildman–Crippen MR) is 73.9 cm³/mol. The Kier molecular flexibility index (Phi) is 9.02. The Hall–Kier alpha value is -2.69. The highest BCUT2D eigenvalue weighted by Crippen LogP contribution is 2.18. The van der Waals surface area contributed by atoms with Gasteiger partial charge in [0, 0.05) is 25.7 Å². The van der Waals surface area contributed by atoms with Crippen LogP contribution in [0.5, 0.6) is 0 Å². The molecular formula is C12H17N3O9. The van der Waals surface area contributed by atoms with Gasteiger partial charge in [0.05, 0.1) is 0 Å². The maximum absolute atomic E-state index is 11.2. The van der Waals surface area contributed by atoms with Crippen molar-refractivity contribution in [1.29, 1.82) is 0 Å². The molecule has 0 aliphatic carbocycles. The summed E-state index contributed by atoms with van der Waals surface area (Å²) in [7, 11) is 0. The lowest BCUT2D eigenvalue weighted by atomic mass is 10.0. The second-order valence-electron chi connectivity index (χ2n) is 4.47. The molecule has 0 bridgehead atoms. The summed E-state index contributed by atoms with van der Waals surface area (Å²) in [5.41, 5.74) is 8.28. The smallest absolute Gasteiger partial charge is 0.303 e. The monoisotopic (exact) mass is 347 g/mol. The number of ether oxygens (including phenoxy) is 3. The largest absolute Gasteiger partial charge is 0.456 e.